The van der Waals surface area contributed by atoms with Gasteiger partial charge in [0.15, 0.2) is 0 Å². The predicted molar refractivity (Wildman–Crippen MR) is 147 cm³/mol. The molecule has 0 saturated carbocycles. The Bertz CT molecular complexity index is 1080. The van der Waals surface area contributed by atoms with E-state index in [1.807, 2.05) is 6.92 Å². The van der Waals surface area contributed by atoms with Gasteiger partial charge in [-0.3, -0.25) is 8.98 Å². The average Bonchev–Trinajstić information content (AvgIpc) is 2.71. The quantitative estimate of drug-likeness (QED) is 0.167. The Hall–Kier alpha value is -2.66. The lowest BCUT2D eigenvalue weighted by Crippen LogP contribution is -2.47. The van der Waals surface area contributed by atoms with Gasteiger partial charge in [-0.15, -0.1) is 0 Å². The molecule has 0 aliphatic carbocycles. The van der Waals surface area contributed by atoms with Crippen molar-refractivity contribution in [2.24, 2.45) is 5.92 Å². The van der Waals surface area contributed by atoms with Gasteiger partial charge in [0.25, 0.3) is 10.1 Å². The molecule has 222 valence electrons. The average molecular weight is 572 g/mol. The summed E-state index contributed by atoms with van der Waals surface area (Å²) in [5.41, 5.74) is -1.55. The van der Waals surface area contributed by atoms with Gasteiger partial charge in [0.2, 0.25) is 0 Å². The molecule has 0 aliphatic heterocycles. The summed E-state index contributed by atoms with van der Waals surface area (Å²) < 4.78 is 46.5. The number of amides is 1. The number of nitrogens with one attached hydrogen (secondary N) is 1. The molecule has 0 aliphatic rings. The molecule has 0 unspecified atom stereocenters. The molecule has 0 aromatic heterocycles. The Morgan fingerprint density at radius 3 is 1.77 bits per heavy atom. The maximum Gasteiger partial charge on any atom is 0.408 e. The standard InChI is InChI=1S/C28H45NO9S/c1-19-13-15-21(16-14-19)39(33,34)35-17-11-12-20(23(30)36-26(2,3)4)18-22(24(31)37-27(5,6)7)29-25(32)38-28(8,9)10/h13-16,20,22H,11-12,17-18H2,1-10H3,(H,29,32)/t20-,22-/m1/s1. The van der Waals surface area contributed by atoms with E-state index in [0.29, 0.717) is 0 Å². The molecule has 1 aromatic carbocycles. The Morgan fingerprint density at radius 1 is 0.795 bits per heavy atom. The van der Waals surface area contributed by atoms with Crippen LogP contribution in [0.4, 0.5) is 4.79 Å². The van der Waals surface area contributed by atoms with Crippen LogP contribution in [-0.4, -0.2) is 55.9 Å². The maximum atomic E-state index is 13.1. The fraction of sp³-hybridized carbons (Fsp3) is 0.679. The minimum atomic E-state index is -3.98. The maximum absolute atomic E-state index is 13.1. The Kier molecular flexibility index (Phi) is 12.0. The summed E-state index contributed by atoms with van der Waals surface area (Å²) in [6.07, 6.45) is -0.682. The number of carbonyl (C=O) groups is 3. The monoisotopic (exact) mass is 571 g/mol. The van der Waals surface area contributed by atoms with E-state index in [4.69, 9.17) is 18.4 Å². The number of hydrogen-bond acceptors (Lipinski definition) is 9. The first-order chi connectivity index (χ1) is 17.6. The van der Waals surface area contributed by atoms with Crippen LogP contribution in [0.3, 0.4) is 0 Å². The number of benzene rings is 1. The highest BCUT2D eigenvalue weighted by Crippen LogP contribution is 2.23. The molecule has 39 heavy (non-hydrogen) atoms. The smallest absolute Gasteiger partial charge is 0.408 e. The summed E-state index contributed by atoms with van der Waals surface area (Å²) in [6, 6.07) is 5.05. The molecular weight excluding hydrogens is 526 g/mol. The normalized spacial score (nSPS) is 14.2. The van der Waals surface area contributed by atoms with Crippen molar-refractivity contribution in [1.82, 2.24) is 5.32 Å². The minimum absolute atomic E-state index is 0.0309. The van der Waals surface area contributed by atoms with E-state index in [0.717, 1.165) is 5.56 Å². The highest BCUT2D eigenvalue weighted by atomic mass is 32.2. The first-order valence-corrected chi connectivity index (χ1v) is 14.4. The van der Waals surface area contributed by atoms with Crippen molar-refractivity contribution in [3.8, 4) is 0 Å². The van der Waals surface area contributed by atoms with Gasteiger partial charge in [0, 0.05) is 0 Å². The van der Waals surface area contributed by atoms with Crippen molar-refractivity contribution in [3.05, 3.63) is 29.8 Å². The van der Waals surface area contributed by atoms with Crippen molar-refractivity contribution in [1.29, 1.82) is 0 Å². The molecular formula is C28H45NO9S. The first kappa shape index (κ1) is 34.4. The minimum Gasteiger partial charge on any atom is -0.460 e. The van der Waals surface area contributed by atoms with Crippen LogP contribution in [0.5, 0.6) is 0 Å². The molecule has 1 rings (SSSR count). The van der Waals surface area contributed by atoms with Crippen molar-refractivity contribution in [3.63, 3.8) is 0 Å². The van der Waals surface area contributed by atoms with Gasteiger partial charge in [-0.25, -0.2) is 9.59 Å². The zero-order chi connectivity index (χ0) is 30.2. The molecule has 0 fully saturated rings. The second-order valence-electron chi connectivity index (χ2n) is 12.4. The van der Waals surface area contributed by atoms with Crippen LogP contribution in [0.1, 0.15) is 87.1 Å². The van der Waals surface area contributed by atoms with Crippen molar-refractivity contribution in [2.45, 2.75) is 116 Å². The van der Waals surface area contributed by atoms with Crippen LogP contribution in [0.15, 0.2) is 29.2 Å². The number of hydrogen-bond donors (Lipinski definition) is 1. The third-order valence-corrected chi connectivity index (χ3v) is 6.21. The lowest BCUT2D eigenvalue weighted by molar-refractivity contribution is -0.163. The van der Waals surface area contributed by atoms with Crippen LogP contribution in [0.2, 0.25) is 0 Å². The second-order valence-corrected chi connectivity index (χ2v) is 14.0. The SMILES string of the molecule is Cc1ccc(S(=O)(=O)OCCC[C@H](C[C@@H](NC(=O)OC(C)(C)C)C(=O)OC(C)(C)C)C(=O)OC(C)(C)C)cc1. The van der Waals surface area contributed by atoms with Crippen molar-refractivity contribution >= 4 is 28.1 Å². The van der Waals surface area contributed by atoms with Gasteiger partial charge in [-0.2, -0.15) is 8.42 Å². The molecule has 0 radical (unpaired) electrons. The summed E-state index contributed by atoms with van der Waals surface area (Å²) in [4.78, 5) is 38.6. The lowest BCUT2D eigenvalue weighted by atomic mass is 9.94. The topological polar surface area (TPSA) is 134 Å². The van der Waals surface area contributed by atoms with Gasteiger partial charge in [0.05, 0.1) is 17.4 Å². The third kappa shape index (κ3) is 14.3. The molecule has 0 heterocycles. The zero-order valence-corrected chi connectivity index (χ0v) is 25.7. The second kappa shape index (κ2) is 13.6. The van der Waals surface area contributed by atoms with Crippen LogP contribution in [0.25, 0.3) is 0 Å². The third-order valence-electron chi connectivity index (χ3n) is 4.89. The first-order valence-electron chi connectivity index (χ1n) is 13.0. The number of ether oxygens (including phenoxy) is 3. The fourth-order valence-electron chi connectivity index (χ4n) is 3.31. The van der Waals surface area contributed by atoms with Crippen molar-refractivity contribution in [2.75, 3.05) is 6.61 Å². The highest BCUT2D eigenvalue weighted by molar-refractivity contribution is 7.86. The van der Waals surface area contributed by atoms with Crippen LogP contribution in [0, 0.1) is 12.8 Å². The molecule has 11 heteroatoms. The van der Waals surface area contributed by atoms with Crippen LogP contribution < -0.4 is 5.32 Å². The molecule has 0 bridgehead atoms. The number of aryl methyl sites for hydroxylation is 1. The summed E-state index contributed by atoms with van der Waals surface area (Å²) in [5.74, 6) is -2.20. The summed E-state index contributed by atoms with van der Waals surface area (Å²) in [6.45, 7) is 16.9. The number of esters is 2. The van der Waals surface area contributed by atoms with E-state index in [1.54, 1.807) is 74.4 Å². The molecule has 0 saturated heterocycles. The van der Waals surface area contributed by atoms with Gasteiger partial charge < -0.3 is 19.5 Å². The summed E-state index contributed by atoms with van der Waals surface area (Å²) in [7, 11) is -3.98. The Morgan fingerprint density at radius 2 is 1.28 bits per heavy atom. The van der Waals surface area contributed by atoms with Gasteiger partial charge >= 0.3 is 18.0 Å². The van der Waals surface area contributed by atoms with E-state index in [2.05, 4.69) is 5.32 Å². The number of alkyl carbamates (subject to hydrolysis) is 1. The highest BCUT2D eigenvalue weighted by Gasteiger charge is 2.35. The van der Waals surface area contributed by atoms with Crippen LogP contribution >= 0.6 is 0 Å². The molecule has 0 spiro atoms. The van der Waals surface area contributed by atoms with Gasteiger partial charge in [-0.1, -0.05) is 17.7 Å². The fourth-order valence-corrected chi connectivity index (χ4v) is 4.25. The van der Waals surface area contributed by atoms with Gasteiger partial charge in [-0.05, 0) is 101 Å². The Balaban J connectivity index is 3.06. The lowest BCUT2D eigenvalue weighted by Gasteiger charge is -2.29. The summed E-state index contributed by atoms with van der Waals surface area (Å²) >= 11 is 0. The molecule has 1 amide bonds. The number of rotatable bonds is 11. The van der Waals surface area contributed by atoms with Gasteiger partial charge in [0.1, 0.15) is 22.8 Å². The number of carbonyl (C=O) groups excluding carboxylic acids is 3. The molecule has 1 N–H and O–H groups in total. The molecule has 10 nitrogen and oxygen atoms in total. The van der Waals surface area contributed by atoms with E-state index >= 15 is 0 Å². The van der Waals surface area contributed by atoms with E-state index in [1.165, 1.54) is 12.1 Å². The largest absolute Gasteiger partial charge is 0.460 e. The molecule has 2 atom stereocenters. The summed E-state index contributed by atoms with van der Waals surface area (Å²) in [5, 5.41) is 2.51. The van der Waals surface area contributed by atoms with E-state index in [9.17, 15) is 22.8 Å². The Labute approximate surface area is 233 Å². The van der Waals surface area contributed by atoms with E-state index < -0.39 is 56.9 Å². The molecule has 1 aromatic rings. The van der Waals surface area contributed by atoms with Crippen molar-refractivity contribution < 1.29 is 41.2 Å². The zero-order valence-electron chi connectivity index (χ0n) is 24.9. The van der Waals surface area contributed by atoms with E-state index in [-0.39, 0.29) is 30.8 Å². The predicted octanol–water partition coefficient (Wildman–Crippen LogP) is 5.06. The van der Waals surface area contributed by atoms with Crippen LogP contribution in [-0.2, 0) is 38.1 Å².